The van der Waals surface area contributed by atoms with Crippen LogP contribution in [0.5, 0.6) is 5.75 Å². The molecule has 2 N–H and O–H groups in total. The van der Waals surface area contributed by atoms with Crippen LogP contribution in [0.15, 0.2) is 41.6 Å². The highest BCUT2D eigenvalue weighted by Crippen LogP contribution is 2.32. The number of halogens is 4. The Labute approximate surface area is 168 Å². The molecule has 1 heterocycles. The molecule has 0 spiro atoms. The van der Waals surface area contributed by atoms with Gasteiger partial charge in [-0.15, -0.1) is 0 Å². The molecule has 0 radical (unpaired) electrons. The Morgan fingerprint density at radius 1 is 1.29 bits per heavy atom. The summed E-state index contributed by atoms with van der Waals surface area (Å²) in [4.78, 5) is 16.3. The maximum Gasteiger partial charge on any atom is 0.349 e. The van der Waals surface area contributed by atoms with E-state index in [-0.39, 0.29) is 27.3 Å². The Kier molecular flexibility index (Phi) is 5.62. The van der Waals surface area contributed by atoms with Crippen LogP contribution < -0.4 is 10.5 Å². The van der Waals surface area contributed by atoms with E-state index in [1.54, 1.807) is 13.1 Å². The van der Waals surface area contributed by atoms with Crippen LogP contribution in [0.25, 0.3) is 0 Å². The van der Waals surface area contributed by atoms with Gasteiger partial charge < -0.3 is 10.5 Å². The van der Waals surface area contributed by atoms with Crippen LogP contribution >= 0.6 is 23.2 Å². The molecule has 0 atom stereocenters. The molecule has 0 amide bonds. The lowest BCUT2D eigenvalue weighted by molar-refractivity contribution is 0.0724. The number of aryl methyl sites for hydroxylation is 1. The summed E-state index contributed by atoms with van der Waals surface area (Å²) in [5, 5.41) is 4.29. The van der Waals surface area contributed by atoms with Crippen molar-refractivity contribution in [2.75, 3.05) is 5.73 Å². The van der Waals surface area contributed by atoms with Crippen molar-refractivity contribution >= 4 is 41.3 Å². The molecule has 0 fully saturated rings. The number of rotatable bonds is 4. The first-order valence-electron chi connectivity index (χ1n) is 7.77. The highest BCUT2D eigenvalue weighted by Gasteiger charge is 2.22. The van der Waals surface area contributed by atoms with Gasteiger partial charge >= 0.3 is 5.97 Å². The van der Waals surface area contributed by atoms with Gasteiger partial charge in [-0.25, -0.2) is 23.2 Å². The van der Waals surface area contributed by atoms with Gasteiger partial charge in [-0.2, -0.15) is 5.10 Å². The number of esters is 1. The smallest absolute Gasteiger partial charge is 0.349 e. The van der Waals surface area contributed by atoms with Crippen molar-refractivity contribution in [2.45, 2.75) is 6.92 Å². The molecule has 0 aliphatic carbocycles. The number of hydrogen-bond donors (Lipinski definition) is 1. The molecule has 10 heteroatoms. The maximum absolute atomic E-state index is 13.8. The fourth-order valence-corrected chi connectivity index (χ4v) is 2.89. The van der Waals surface area contributed by atoms with Crippen LogP contribution in [-0.2, 0) is 0 Å². The number of imidazole rings is 1. The molecule has 6 nitrogen and oxygen atoms in total. The number of benzene rings is 2. The third kappa shape index (κ3) is 4.13. The molecule has 28 heavy (non-hydrogen) atoms. The van der Waals surface area contributed by atoms with Gasteiger partial charge in [-0.1, -0.05) is 29.3 Å². The summed E-state index contributed by atoms with van der Waals surface area (Å²) in [6.45, 7) is 1.73. The largest absolute Gasteiger partial charge is 0.420 e. The van der Waals surface area contributed by atoms with Crippen molar-refractivity contribution in [2.24, 2.45) is 5.10 Å². The Hall–Kier alpha value is -2.97. The molecule has 0 saturated carbocycles. The van der Waals surface area contributed by atoms with E-state index in [1.807, 2.05) is 0 Å². The summed E-state index contributed by atoms with van der Waals surface area (Å²) in [5.74, 6) is -3.42. The summed E-state index contributed by atoms with van der Waals surface area (Å²) in [6.07, 6.45) is 2.84. The first kappa shape index (κ1) is 19.8. The highest BCUT2D eigenvalue weighted by molar-refractivity contribution is 6.36. The summed E-state index contributed by atoms with van der Waals surface area (Å²) >= 11 is 12.1. The molecule has 0 bridgehead atoms. The van der Waals surface area contributed by atoms with Crippen LogP contribution in [0.4, 0.5) is 14.7 Å². The van der Waals surface area contributed by atoms with Gasteiger partial charge in [0.1, 0.15) is 17.2 Å². The minimum atomic E-state index is -1.26. The average Bonchev–Trinajstić information content (AvgIpc) is 2.93. The maximum atomic E-state index is 13.8. The van der Waals surface area contributed by atoms with Crippen molar-refractivity contribution in [3.05, 3.63) is 75.0 Å². The third-order valence-electron chi connectivity index (χ3n) is 3.55. The van der Waals surface area contributed by atoms with Crippen molar-refractivity contribution < 1.29 is 18.3 Å². The molecule has 3 aromatic rings. The van der Waals surface area contributed by atoms with E-state index in [1.165, 1.54) is 23.0 Å². The van der Waals surface area contributed by atoms with Crippen LogP contribution in [-0.4, -0.2) is 21.8 Å². The standard InChI is InChI=1S/C18H12Cl2F2N4O2/c1-9-8-26(18(23)25-9)24-7-10-5-11(19)6-12(20)16(10)28-17(27)15-13(21)3-2-4-14(15)22/h2-8H,1H3,(H2,23,25). The van der Waals surface area contributed by atoms with E-state index in [0.29, 0.717) is 5.69 Å². The zero-order chi connectivity index (χ0) is 20.4. The number of carbonyl (C=O) groups is 1. The zero-order valence-corrected chi connectivity index (χ0v) is 15.8. The quantitative estimate of drug-likeness (QED) is 0.380. The molecule has 2 aromatic carbocycles. The Morgan fingerprint density at radius 2 is 1.96 bits per heavy atom. The SMILES string of the molecule is Cc1cn(N=Cc2cc(Cl)cc(Cl)c2OC(=O)c2c(F)cccc2F)c(N)n1. The molecule has 0 aliphatic heterocycles. The fourth-order valence-electron chi connectivity index (χ4n) is 2.34. The molecular formula is C18H12Cl2F2N4O2. The van der Waals surface area contributed by atoms with Gasteiger partial charge in [0.15, 0.2) is 5.75 Å². The third-order valence-corrected chi connectivity index (χ3v) is 4.05. The van der Waals surface area contributed by atoms with Crippen LogP contribution in [0, 0.1) is 18.6 Å². The number of nitrogen functional groups attached to an aromatic ring is 1. The number of carbonyl (C=O) groups excluding carboxylic acids is 1. The lowest BCUT2D eigenvalue weighted by Gasteiger charge is -2.11. The lowest BCUT2D eigenvalue weighted by atomic mass is 10.2. The van der Waals surface area contributed by atoms with Crippen molar-refractivity contribution in [1.29, 1.82) is 0 Å². The summed E-state index contributed by atoms with van der Waals surface area (Å²) in [7, 11) is 0. The lowest BCUT2D eigenvalue weighted by Crippen LogP contribution is -2.14. The van der Waals surface area contributed by atoms with E-state index in [4.69, 9.17) is 33.7 Å². The van der Waals surface area contributed by atoms with E-state index in [9.17, 15) is 13.6 Å². The Bertz CT molecular complexity index is 1080. The van der Waals surface area contributed by atoms with E-state index in [2.05, 4.69) is 10.1 Å². The first-order valence-corrected chi connectivity index (χ1v) is 8.53. The molecule has 1 aromatic heterocycles. The van der Waals surface area contributed by atoms with E-state index < -0.39 is 23.2 Å². The average molecular weight is 425 g/mol. The molecular weight excluding hydrogens is 413 g/mol. The number of aromatic nitrogens is 2. The van der Waals surface area contributed by atoms with Crippen molar-refractivity contribution in [3.63, 3.8) is 0 Å². The van der Waals surface area contributed by atoms with Gasteiger partial charge in [0.25, 0.3) is 0 Å². The number of anilines is 1. The van der Waals surface area contributed by atoms with Gasteiger partial charge in [-0.05, 0) is 31.2 Å². The fraction of sp³-hybridized carbons (Fsp3) is 0.0556. The van der Waals surface area contributed by atoms with E-state index >= 15 is 0 Å². The second-order valence-electron chi connectivity index (χ2n) is 5.62. The van der Waals surface area contributed by atoms with Crippen molar-refractivity contribution in [3.8, 4) is 5.75 Å². The minimum Gasteiger partial charge on any atom is -0.420 e. The normalized spacial score (nSPS) is 11.2. The second kappa shape index (κ2) is 7.95. The second-order valence-corrected chi connectivity index (χ2v) is 6.47. The predicted octanol–water partition coefficient (Wildman–Crippen LogP) is 4.46. The molecule has 0 aliphatic rings. The minimum absolute atomic E-state index is 0.0474. The van der Waals surface area contributed by atoms with E-state index in [0.717, 1.165) is 18.2 Å². The van der Waals surface area contributed by atoms with Crippen LogP contribution in [0.2, 0.25) is 10.0 Å². The van der Waals surface area contributed by atoms with Crippen LogP contribution in [0.3, 0.4) is 0 Å². The molecule has 0 saturated heterocycles. The summed E-state index contributed by atoms with van der Waals surface area (Å²) in [6, 6.07) is 5.74. The monoisotopic (exact) mass is 424 g/mol. The molecule has 0 unspecified atom stereocenters. The van der Waals surface area contributed by atoms with Crippen LogP contribution in [0.1, 0.15) is 21.6 Å². The number of ether oxygens (including phenoxy) is 1. The molecule has 3 rings (SSSR count). The summed E-state index contributed by atoms with van der Waals surface area (Å²) in [5.41, 5.74) is 5.70. The Balaban J connectivity index is 1.99. The van der Waals surface area contributed by atoms with Crippen molar-refractivity contribution in [1.82, 2.24) is 9.66 Å². The van der Waals surface area contributed by atoms with Gasteiger partial charge in [0, 0.05) is 10.6 Å². The molecule has 144 valence electrons. The topological polar surface area (TPSA) is 82.5 Å². The zero-order valence-electron chi connectivity index (χ0n) is 14.3. The summed E-state index contributed by atoms with van der Waals surface area (Å²) < 4.78 is 34.1. The number of hydrogen-bond acceptors (Lipinski definition) is 5. The van der Waals surface area contributed by atoms with Gasteiger partial charge in [0.2, 0.25) is 5.95 Å². The number of nitrogens with zero attached hydrogens (tertiary/aromatic N) is 3. The van der Waals surface area contributed by atoms with Gasteiger partial charge in [0.05, 0.1) is 23.1 Å². The Morgan fingerprint density at radius 3 is 2.57 bits per heavy atom. The number of nitrogens with two attached hydrogens (primary N) is 1. The predicted molar refractivity (Wildman–Crippen MR) is 102 cm³/mol. The highest BCUT2D eigenvalue weighted by atomic mass is 35.5. The van der Waals surface area contributed by atoms with Gasteiger partial charge in [-0.3, -0.25) is 0 Å². The first-order chi connectivity index (χ1) is 13.3.